The number of hydrogen-bond donors (Lipinski definition) is 0. The van der Waals surface area contributed by atoms with Crippen LogP contribution in [0.25, 0.3) is 0 Å². The van der Waals surface area contributed by atoms with Crippen molar-refractivity contribution in [2.45, 2.75) is 0 Å². The van der Waals surface area contributed by atoms with Gasteiger partial charge in [-0.3, -0.25) is 0 Å². The van der Waals surface area contributed by atoms with Gasteiger partial charge >= 0.3 is 0 Å². The van der Waals surface area contributed by atoms with Gasteiger partial charge in [-0.05, 0) is 17.7 Å². The summed E-state index contributed by atoms with van der Waals surface area (Å²) in [5.74, 6) is 0. The van der Waals surface area contributed by atoms with E-state index in [0.717, 1.165) is 5.04 Å². The molecule has 1 rings (SSSR count). The average molecular weight is 283 g/mol. The summed E-state index contributed by atoms with van der Waals surface area (Å²) in [7, 11) is 0. The van der Waals surface area contributed by atoms with Crippen molar-refractivity contribution in [2.24, 2.45) is 3.21 Å². The van der Waals surface area contributed by atoms with E-state index < -0.39 is 0 Å². The maximum Gasteiger partial charge on any atom is 0.120 e. The molecule has 1 aromatic heterocycles. The van der Waals surface area contributed by atoms with Crippen molar-refractivity contribution in [1.82, 2.24) is 0 Å². The van der Waals surface area contributed by atoms with Gasteiger partial charge in [0.25, 0.3) is 0 Å². The minimum absolute atomic E-state index is 1.11. The van der Waals surface area contributed by atoms with Crippen LogP contribution in [0.5, 0.6) is 0 Å². The highest BCUT2D eigenvalue weighted by atomic mass is 127. The Kier molecular flexibility index (Phi) is 3.72. The SMILES string of the molecule is CS/C(=N\I)c1cccs1. The summed E-state index contributed by atoms with van der Waals surface area (Å²) < 4.78 is 4.11. The number of rotatable bonds is 1. The third-order valence-corrected chi connectivity index (χ3v) is 3.52. The smallest absolute Gasteiger partial charge is 0.120 e. The van der Waals surface area contributed by atoms with Crippen LogP contribution in [-0.4, -0.2) is 11.3 Å². The Bertz CT molecular complexity index is 218. The molecule has 0 saturated heterocycles. The highest BCUT2D eigenvalue weighted by Crippen LogP contribution is 2.17. The maximum atomic E-state index is 4.11. The van der Waals surface area contributed by atoms with E-state index >= 15 is 0 Å². The van der Waals surface area contributed by atoms with Crippen LogP contribution < -0.4 is 0 Å². The minimum Gasteiger partial charge on any atom is -0.207 e. The van der Waals surface area contributed by atoms with Gasteiger partial charge in [-0.25, -0.2) is 3.21 Å². The Morgan fingerprint density at radius 1 is 1.80 bits per heavy atom. The van der Waals surface area contributed by atoms with Gasteiger partial charge in [0.1, 0.15) is 5.04 Å². The van der Waals surface area contributed by atoms with E-state index in [0.29, 0.717) is 0 Å². The first-order valence-electron chi connectivity index (χ1n) is 2.65. The maximum absolute atomic E-state index is 4.11. The van der Waals surface area contributed by atoms with Gasteiger partial charge in [-0.2, -0.15) is 0 Å². The molecule has 0 spiro atoms. The Labute approximate surface area is 82.4 Å². The molecule has 0 unspecified atom stereocenters. The summed E-state index contributed by atoms with van der Waals surface area (Å²) in [6, 6.07) is 4.12. The predicted octanol–water partition coefficient (Wildman–Crippen LogP) is 3.21. The van der Waals surface area contributed by atoms with Crippen molar-refractivity contribution in [3.05, 3.63) is 22.4 Å². The van der Waals surface area contributed by atoms with E-state index in [4.69, 9.17) is 0 Å². The van der Waals surface area contributed by atoms with Crippen molar-refractivity contribution >= 4 is 51.0 Å². The molecule has 1 heterocycles. The van der Waals surface area contributed by atoms with Crippen LogP contribution in [0.3, 0.4) is 0 Å². The van der Waals surface area contributed by atoms with Crippen molar-refractivity contribution < 1.29 is 0 Å². The van der Waals surface area contributed by atoms with Crippen LogP contribution in [0.1, 0.15) is 4.88 Å². The van der Waals surface area contributed by atoms with E-state index in [1.807, 2.05) is 35.2 Å². The fourth-order valence-electron chi connectivity index (χ4n) is 0.577. The number of nitrogens with zero attached hydrogens (tertiary/aromatic N) is 1. The second-order valence-corrected chi connectivity index (χ2v) is 3.80. The van der Waals surface area contributed by atoms with Crippen molar-refractivity contribution in [1.29, 1.82) is 0 Å². The molecule has 0 aromatic carbocycles. The molecule has 0 N–H and O–H groups in total. The van der Waals surface area contributed by atoms with E-state index in [-0.39, 0.29) is 0 Å². The monoisotopic (exact) mass is 283 g/mol. The third-order valence-electron chi connectivity index (χ3n) is 1.00. The number of hydrogen-bond acceptors (Lipinski definition) is 3. The molecule has 54 valence electrons. The molecule has 0 aliphatic heterocycles. The molecule has 0 atom stereocenters. The van der Waals surface area contributed by atoms with Crippen LogP contribution in [0.15, 0.2) is 20.7 Å². The largest absolute Gasteiger partial charge is 0.207 e. The average Bonchev–Trinajstić information content (AvgIpc) is 2.43. The first-order valence-corrected chi connectivity index (χ1v) is 5.72. The van der Waals surface area contributed by atoms with Gasteiger partial charge < -0.3 is 0 Å². The summed E-state index contributed by atoms with van der Waals surface area (Å²) in [4.78, 5) is 1.25. The van der Waals surface area contributed by atoms with Gasteiger partial charge in [0.05, 0.1) is 27.7 Å². The summed E-state index contributed by atoms with van der Waals surface area (Å²) in [6.45, 7) is 0. The third kappa shape index (κ3) is 1.96. The van der Waals surface area contributed by atoms with Gasteiger partial charge in [-0.15, -0.1) is 23.1 Å². The molecule has 0 saturated carbocycles. The highest BCUT2D eigenvalue weighted by molar-refractivity contribution is 14.1. The number of thioether (sulfide) groups is 1. The lowest BCUT2D eigenvalue weighted by Crippen LogP contribution is -1.86. The quantitative estimate of drug-likeness (QED) is 0.438. The molecule has 1 aromatic rings. The Morgan fingerprint density at radius 2 is 2.60 bits per heavy atom. The molecule has 10 heavy (non-hydrogen) atoms. The van der Waals surface area contributed by atoms with Gasteiger partial charge in [0.15, 0.2) is 0 Å². The standard InChI is InChI=1S/C6H6INS2/c1-9-6(8-7)5-3-2-4-10-5/h2-4H,1H3/b8-6-. The molecule has 1 nitrogen and oxygen atoms in total. The van der Waals surface area contributed by atoms with Gasteiger partial charge in [0.2, 0.25) is 0 Å². The molecular formula is C6H6INS2. The van der Waals surface area contributed by atoms with E-state index in [9.17, 15) is 0 Å². The zero-order valence-corrected chi connectivity index (χ0v) is 9.16. The van der Waals surface area contributed by atoms with Crippen LogP contribution in [0.2, 0.25) is 0 Å². The predicted molar refractivity (Wildman–Crippen MR) is 58.4 cm³/mol. The Morgan fingerprint density at radius 3 is 3.00 bits per heavy atom. The summed E-state index contributed by atoms with van der Waals surface area (Å²) in [6.07, 6.45) is 2.04. The fourth-order valence-corrected chi connectivity index (χ4v) is 2.93. The second-order valence-electron chi connectivity index (χ2n) is 1.57. The minimum atomic E-state index is 1.11. The van der Waals surface area contributed by atoms with Crippen molar-refractivity contribution in [2.75, 3.05) is 6.26 Å². The number of thiophene rings is 1. The van der Waals surface area contributed by atoms with Gasteiger partial charge in [-0.1, -0.05) is 6.07 Å². The van der Waals surface area contributed by atoms with E-state index in [1.54, 1.807) is 23.1 Å². The highest BCUT2D eigenvalue weighted by Gasteiger charge is 2.00. The van der Waals surface area contributed by atoms with Crippen LogP contribution in [-0.2, 0) is 0 Å². The second kappa shape index (κ2) is 4.35. The Hall–Kier alpha value is 0.450. The summed E-state index contributed by atoms with van der Waals surface area (Å²) in [5, 5.41) is 3.17. The zero-order valence-electron chi connectivity index (χ0n) is 5.37. The molecule has 0 aliphatic rings. The zero-order chi connectivity index (χ0) is 7.40. The molecule has 4 heteroatoms. The molecule has 0 fully saturated rings. The Balaban J connectivity index is 2.85. The van der Waals surface area contributed by atoms with Crippen LogP contribution >= 0.6 is 46.0 Å². The number of halogens is 1. The van der Waals surface area contributed by atoms with Crippen molar-refractivity contribution in [3.8, 4) is 0 Å². The van der Waals surface area contributed by atoms with Crippen molar-refractivity contribution in [3.63, 3.8) is 0 Å². The van der Waals surface area contributed by atoms with Gasteiger partial charge in [0, 0.05) is 0 Å². The van der Waals surface area contributed by atoms with Crippen LogP contribution in [0.4, 0.5) is 0 Å². The lowest BCUT2D eigenvalue weighted by atomic mass is 10.5. The topological polar surface area (TPSA) is 12.4 Å². The lowest BCUT2D eigenvalue weighted by Gasteiger charge is -1.93. The summed E-state index contributed by atoms with van der Waals surface area (Å²) >= 11 is 5.43. The molecule has 0 aliphatic carbocycles. The summed E-state index contributed by atoms with van der Waals surface area (Å²) in [5.41, 5.74) is 0. The molecule has 0 radical (unpaired) electrons. The fraction of sp³-hybridized carbons (Fsp3) is 0.167. The van der Waals surface area contributed by atoms with E-state index in [1.165, 1.54) is 4.88 Å². The molecule has 0 bridgehead atoms. The first-order chi connectivity index (χ1) is 4.88. The molecule has 0 amide bonds. The normalized spacial score (nSPS) is 12.0. The first kappa shape index (κ1) is 8.55. The van der Waals surface area contributed by atoms with Crippen LogP contribution in [0, 0.1) is 0 Å². The molecular weight excluding hydrogens is 277 g/mol. The van der Waals surface area contributed by atoms with E-state index in [2.05, 4.69) is 14.7 Å². The lowest BCUT2D eigenvalue weighted by molar-refractivity contribution is 1.93.